The second kappa shape index (κ2) is 7.21. The van der Waals surface area contributed by atoms with Crippen molar-refractivity contribution in [2.75, 3.05) is 6.61 Å². The maximum atomic E-state index is 12.8. The number of rotatable bonds is 5. The summed E-state index contributed by atoms with van der Waals surface area (Å²) in [4.78, 5) is 11.7. The van der Waals surface area contributed by atoms with Crippen LogP contribution in [0.25, 0.3) is 0 Å². The molecule has 0 spiro atoms. The van der Waals surface area contributed by atoms with Gasteiger partial charge >= 0.3 is 0 Å². The van der Waals surface area contributed by atoms with Crippen molar-refractivity contribution in [3.63, 3.8) is 0 Å². The second-order valence-electron chi connectivity index (χ2n) is 4.36. The monoisotopic (exact) mass is 302 g/mol. The minimum absolute atomic E-state index is 0.00858. The van der Waals surface area contributed by atoms with Crippen molar-refractivity contribution >= 4 is 12.1 Å². The Morgan fingerprint density at radius 1 is 1.32 bits per heavy atom. The molecule has 0 atom stereocenters. The Balaban J connectivity index is 2.00. The van der Waals surface area contributed by atoms with Crippen molar-refractivity contribution in [1.82, 2.24) is 5.43 Å². The van der Waals surface area contributed by atoms with Crippen LogP contribution in [0.2, 0.25) is 0 Å². The summed E-state index contributed by atoms with van der Waals surface area (Å²) in [5.74, 6) is -0.348. The van der Waals surface area contributed by atoms with Gasteiger partial charge in [-0.2, -0.15) is 5.10 Å². The number of halogens is 1. The highest BCUT2D eigenvalue weighted by molar-refractivity contribution is 5.95. The largest absolute Gasteiger partial charge is 0.507 e. The molecule has 2 aromatic rings. The van der Waals surface area contributed by atoms with Crippen LogP contribution in [0.1, 0.15) is 22.8 Å². The molecule has 2 N–H and O–H groups in total. The number of benzene rings is 2. The van der Waals surface area contributed by atoms with Crippen molar-refractivity contribution < 1.29 is 19.0 Å². The van der Waals surface area contributed by atoms with Gasteiger partial charge in [-0.15, -0.1) is 0 Å². The number of nitrogens with zero attached hydrogens (tertiary/aromatic N) is 1. The van der Waals surface area contributed by atoms with Gasteiger partial charge in [-0.3, -0.25) is 4.79 Å². The van der Waals surface area contributed by atoms with Gasteiger partial charge in [-0.1, -0.05) is 0 Å². The summed E-state index contributed by atoms with van der Waals surface area (Å²) < 4.78 is 18.0. The summed E-state index contributed by atoms with van der Waals surface area (Å²) in [5.41, 5.74) is 3.02. The first-order chi connectivity index (χ1) is 10.6. The topological polar surface area (TPSA) is 70.9 Å². The van der Waals surface area contributed by atoms with Gasteiger partial charge < -0.3 is 9.84 Å². The summed E-state index contributed by atoms with van der Waals surface area (Å²) >= 11 is 0. The van der Waals surface area contributed by atoms with Crippen LogP contribution in [-0.2, 0) is 0 Å². The third-order valence-electron chi connectivity index (χ3n) is 2.79. The molecule has 0 aliphatic heterocycles. The molecule has 0 bridgehead atoms. The van der Waals surface area contributed by atoms with Gasteiger partial charge in [-0.25, -0.2) is 9.82 Å². The van der Waals surface area contributed by atoms with Crippen LogP contribution < -0.4 is 10.2 Å². The van der Waals surface area contributed by atoms with E-state index in [4.69, 9.17) is 4.74 Å². The Hall–Kier alpha value is -2.89. The average Bonchev–Trinajstić information content (AvgIpc) is 2.50. The Bertz CT molecular complexity index is 684. The number of ether oxygens (including phenoxy) is 1. The van der Waals surface area contributed by atoms with Crippen LogP contribution in [0.3, 0.4) is 0 Å². The number of carbonyl (C=O) groups is 1. The van der Waals surface area contributed by atoms with Crippen LogP contribution in [0.15, 0.2) is 47.6 Å². The Morgan fingerprint density at radius 2 is 2.05 bits per heavy atom. The molecule has 114 valence electrons. The summed E-state index contributed by atoms with van der Waals surface area (Å²) in [7, 11) is 0. The molecule has 6 heteroatoms. The first kappa shape index (κ1) is 15.5. The first-order valence-electron chi connectivity index (χ1n) is 6.65. The Morgan fingerprint density at radius 3 is 2.68 bits per heavy atom. The molecule has 0 heterocycles. The lowest BCUT2D eigenvalue weighted by Crippen LogP contribution is -2.17. The number of aromatic hydroxyl groups is 1. The van der Waals surface area contributed by atoms with Crippen LogP contribution in [-0.4, -0.2) is 23.8 Å². The minimum atomic E-state index is -0.471. The van der Waals surface area contributed by atoms with Gasteiger partial charge in [-0.05, 0) is 43.3 Å². The second-order valence-corrected chi connectivity index (χ2v) is 4.36. The van der Waals surface area contributed by atoms with Gasteiger partial charge in [0, 0.05) is 17.2 Å². The molecule has 1 amide bonds. The van der Waals surface area contributed by atoms with E-state index in [1.54, 1.807) is 12.1 Å². The lowest BCUT2D eigenvalue weighted by molar-refractivity contribution is 0.0955. The third-order valence-corrected chi connectivity index (χ3v) is 2.79. The number of hydrogen-bond acceptors (Lipinski definition) is 4. The fourth-order valence-electron chi connectivity index (χ4n) is 1.72. The van der Waals surface area contributed by atoms with E-state index in [1.807, 2.05) is 6.92 Å². The highest BCUT2D eigenvalue weighted by atomic mass is 19.1. The van der Waals surface area contributed by atoms with Gasteiger partial charge in [0.15, 0.2) is 0 Å². The standard InChI is InChI=1S/C16H15FN2O3/c1-2-22-14-8-5-12(15(20)9-14)10-18-19-16(21)11-3-6-13(17)7-4-11/h3-10,20H,2H2,1H3,(H,19,21)/b18-10+. The smallest absolute Gasteiger partial charge is 0.271 e. The van der Waals surface area contributed by atoms with Crippen molar-refractivity contribution in [2.24, 2.45) is 5.10 Å². The van der Waals surface area contributed by atoms with Crippen LogP contribution in [0.4, 0.5) is 4.39 Å². The Kier molecular flexibility index (Phi) is 5.08. The third kappa shape index (κ3) is 4.05. The number of carbonyl (C=O) groups excluding carboxylic acids is 1. The van der Waals surface area contributed by atoms with Crippen LogP contribution >= 0.6 is 0 Å². The molecular weight excluding hydrogens is 287 g/mol. The quantitative estimate of drug-likeness (QED) is 0.659. The molecule has 2 rings (SSSR count). The normalized spacial score (nSPS) is 10.6. The predicted molar refractivity (Wildman–Crippen MR) is 80.7 cm³/mol. The molecular formula is C16H15FN2O3. The SMILES string of the molecule is CCOc1ccc(/C=N/NC(=O)c2ccc(F)cc2)c(O)c1. The average molecular weight is 302 g/mol. The number of nitrogens with one attached hydrogen (secondary N) is 1. The van der Waals surface area contributed by atoms with Gasteiger partial charge in [0.2, 0.25) is 0 Å². The van der Waals surface area contributed by atoms with Crippen LogP contribution in [0, 0.1) is 5.82 Å². The van der Waals surface area contributed by atoms with E-state index in [1.165, 1.54) is 36.5 Å². The molecule has 0 aromatic heterocycles. The molecule has 0 saturated carbocycles. The number of hydrogen-bond donors (Lipinski definition) is 2. The number of phenols is 1. The lowest BCUT2D eigenvalue weighted by Gasteiger charge is -2.05. The Labute approximate surface area is 127 Å². The molecule has 2 aromatic carbocycles. The highest BCUT2D eigenvalue weighted by Gasteiger charge is 2.04. The molecule has 0 fully saturated rings. The van der Waals surface area contributed by atoms with Crippen molar-refractivity contribution in [3.8, 4) is 11.5 Å². The molecule has 5 nitrogen and oxygen atoms in total. The predicted octanol–water partition coefficient (Wildman–Crippen LogP) is 2.69. The molecule has 0 aliphatic carbocycles. The molecule has 0 saturated heterocycles. The maximum Gasteiger partial charge on any atom is 0.271 e. The summed E-state index contributed by atoms with van der Waals surface area (Å²) in [5, 5.41) is 13.6. The zero-order chi connectivity index (χ0) is 15.9. The maximum absolute atomic E-state index is 12.8. The molecule has 22 heavy (non-hydrogen) atoms. The van der Waals surface area contributed by atoms with E-state index < -0.39 is 11.7 Å². The fourth-order valence-corrected chi connectivity index (χ4v) is 1.72. The van der Waals surface area contributed by atoms with E-state index in [0.29, 0.717) is 17.9 Å². The number of hydrazone groups is 1. The number of amides is 1. The van der Waals surface area contributed by atoms with Gasteiger partial charge in [0.05, 0.1) is 12.8 Å². The molecule has 0 unspecified atom stereocenters. The van der Waals surface area contributed by atoms with Crippen molar-refractivity contribution in [2.45, 2.75) is 6.92 Å². The van der Waals surface area contributed by atoms with E-state index in [9.17, 15) is 14.3 Å². The van der Waals surface area contributed by atoms with Crippen molar-refractivity contribution in [3.05, 3.63) is 59.4 Å². The van der Waals surface area contributed by atoms with Crippen LogP contribution in [0.5, 0.6) is 11.5 Å². The van der Waals surface area contributed by atoms with E-state index in [-0.39, 0.29) is 11.3 Å². The lowest BCUT2D eigenvalue weighted by atomic mass is 10.2. The van der Waals surface area contributed by atoms with E-state index in [2.05, 4.69) is 10.5 Å². The van der Waals surface area contributed by atoms with Crippen molar-refractivity contribution in [1.29, 1.82) is 0 Å². The highest BCUT2D eigenvalue weighted by Crippen LogP contribution is 2.22. The van der Waals surface area contributed by atoms with Gasteiger partial charge in [0.1, 0.15) is 17.3 Å². The molecule has 0 aliphatic rings. The zero-order valence-electron chi connectivity index (χ0n) is 11.9. The van der Waals surface area contributed by atoms with E-state index in [0.717, 1.165) is 0 Å². The first-order valence-corrected chi connectivity index (χ1v) is 6.65. The van der Waals surface area contributed by atoms with Gasteiger partial charge in [0.25, 0.3) is 5.91 Å². The molecule has 0 radical (unpaired) electrons. The fraction of sp³-hybridized carbons (Fsp3) is 0.125. The zero-order valence-corrected chi connectivity index (χ0v) is 11.9. The van der Waals surface area contributed by atoms with E-state index >= 15 is 0 Å². The summed E-state index contributed by atoms with van der Waals surface area (Å²) in [6.07, 6.45) is 1.31. The summed E-state index contributed by atoms with van der Waals surface area (Å²) in [6, 6.07) is 9.86. The minimum Gasteiger partial charge on any atom is -0.507 e. The number of phenolic OH excluding ortho intramolecular Hbond substituents is 1. The summed E-state index contributed by atoms with van der Waals surface area (Å²) in [6.45, 7) is 2.35.